The maximum Gasteiger partial charge on any atom is 0.326 e. The minimum Gasteiger partial charge on any atom is -0.480 e. The van der Waals surface area contributed by atoms with Gasteiger partial charge in [0.15, 0.2) is 5.96 Å². The molecular formula is C21H41N7O5S. The Morgan fingerprint density at radius 1 is 0.971 bits per heavy atom. The summed E-state index contributed by atoms with van der Waals surface area (Å²) in [6, 6.07) is -4.00. The van der Waals surface area contributed by atoms with E-state index in [-0.39, 0.29) is 42.9 Å². The van der Waals surface area contributed by atoms with Gasteiger partial charge >= 0.3 is 5.97 Å². The molecule has 0 aromatic heterocycles. The van der Waals surface area contributed by atoms with E-state index < -0.39 is 47.9 Å². The van der Waals surface area contributed by atoms with Crippen LogP contribution < -0.4 is 33.2 Å². The number of carboxylic acids is 1. The molecule has 34 heavy (non-hydrogen) atoms. The summed E-state index contributed by atoms with van der Waals surface area (Å²) in [5.74, 6) is -3.16. The zero-order chi connectivity index (χ0) is 26.4. The standard InChI is InChI=1S/C21H41N7O5S/c1-5-12(4)16(28-17(29)13(22)10-34)19(31)26-14(7-6-8-25-21(23)24)18(30)27-15(20(32)33)9-11(2)3/h11-16,34H,5-10,22H2,1-4H3,(H,26,31)(H,27,30)(H,28,29)(H,32,33)(H4,23,24,25). The number of aliphatic imine (C=N–C) groups is 1. The van der Waals surface area contributed by atoms with Crippen molar-refractivity contribution in [2.75, 3.05) is 12.3 Å². The number of hydrogen-bond donors (Lipinski definition) is 8. The van der Waals surface area contributed by atoms with Crippen molar-refractivity contribution in [3.8, 4) is 0 Å². The fourth-order valence-electron chi connectivity index (χ4n) is 3.04. The van der Waals surface area contributed by atoms with Gasteiger partial charge in [-0.05, 0) is 31.1 Å². The number of guanidine groups is 1. The van der Waals surface area contributed by atoms with Crippen LogP contribution in [0.25, 0.3) is 0 Å². The Bertz CT molecular complexity index is 716. The number of nitrogens with one attached hydrogen (secondary N) is 3. The third-order valence-corrected chi connectivity index (χ3v) is 5.62. The highest BCUT2D eigenvalue weighted by Gasteiger charge is 2.32. The molecule has 0 aliphatic carbocycles. The summed E-state index contributed by atoms with van der Waals surface area (Å²) in [7, 11) is 0. The maximum atomic E-state index is 13.1. The Morgan fingerprint density at radius 3 is 2.03 bits per heavy atom. The largest absolute Gasteiger partial charge is 0.480 e. The maximum absolute atomic E-state index is 13.1. The minimum absolute atomic E-state index is 0.0253. The lowest BCUT2D eigenvalue weighted by molar-refractivity contribution is -0.143. The van der Waals surface area contributed by atoms with Gasteiger partial charge in [0, 0.05) is 12.3 Å². The summed E-state index contributed by atoms with van der Waals surface area (Å²) in [6.45, 7) is 7.54. The molecule has 0 fully saturated rings. The molecule has 0 aliphatic rings. The zero-order valence-corrected chi connectivity index (χ0v) is 21.3. The number of aliphatic carboxylic acids is 1. The first-order valence-corrected chi connectivity index (χ1v) is 12.0. The minimum atomic E-state index is -1.17. The van der Waals surface area contributed by atoms with Gasteiger partial charge in [-0.1, -0.05) is 34.1 Å². The highest BCUT2D eigenvalue weighted by Crippen LogP contribution is 2.11. The second-order valence-electron chi connectivity index (χ2n) is 8.70. The van der Waals surface area contributed by atoms with E-state index in [0.29, 0.717) is 12.8 Å². The number of carboxylic acid groups (broad SMARTS) is 1. The van der Waals surface area contributed by atoms with Gasteiger partial charge in [0.05, 0.1) is 6.04 Å². The van der Waals surface area contributed by atoms with Gasteiger partial charge in [-0.3, -0.25) is 19.4 Å². The van der Waals surface area contributed by atoms with E-state index in [1.54, 1.807) is 6.92 Å². The number of nitrogens with zero attached hydrogens (tertiary/aromatic N) is 1. The molecule has 12 nitrogen and oxygen atoms in total. The van der Waals surface area contributed by atoms with E-state index in [9.17, 15) is 24.3 Å². The Morgan fingerprint density at radius 2 is 1.56 bits per heavy atom. The van der Waals surface area contributed by atoms with Crippen molar-refractivity contribution in [2.45, 2.75) is 77.5 Å². The molecule has 0 rings (SSSR count). The Hall–Kier alpha value is -2.54. The first kappa shape index (κ1) is 31.5. The number of amides is 3. The summed E-state index contributed by atoms with van der Waals surface area (Å²) in [6.07, 6.45) is 1.30. The van der Waals surface area contributed by atoms with Gasteiger partial charge in [-0.2, -0.15) is 12.6 Å². The molecule has 10 N–H and O–H groups in total. The predicted octanol–water partition coefficient (Wildman–Crippen LogP) is -1.07. The molecule has 0 aromatic rings. The molecule has 0 aliphatic heterocycles. The van der Waals surface area contributed by atoms with Crippen molar-refractivity contribution in [1.82, 2.24) is 16.0 Å². The van der Waals surface area contributed by atoms with Crippen molar-refractivity contribution in [3.63, 3.8) is 0 Å². The molecule has 13 heteroatoms. The van der Waals surface area contributed by atoms with Crippen LogP contribution in [0.3, 0.4) is 0 Å². The van der Waals surface area contributed by atoms with Crippen molar-refractivity contribution < 1.29 is 24.3 Å². The normalized spacial score (nSPS) is 15.4. The molecule has 5 atom stereocenters. The second-order valence-corrected chi connectivity index (χ2v) is 9.06. The molecule has 0 aromatic carbocycles. The average molecular weight is 504 g/mol. The van der Waals surface area contributed by atoms with Crippen LogP contribution in [0.4, 0.5) is 0 Å². The van der Waals surface area contributed by atoms with E-state index in [4.69, 9.17) is 17.2 Å². The van der Waals surface area contributed by atoms with Crippen LogP contribution in [0.2, 0.25) is 0 Å². The quantitative estimate of drug-likeness (QED) is 0.0560. The number of nitrogens with two attached hydrogens (primary N) is 3. The third-order valence-electron chi connectivity index (χ3n) is 5.23. The van der Waals surface area contributed by atoms with Crippen LogP contribution in [0.1, 0.15) is 53.4 Å². The number of carbonyl (C=O) groups is 4. The van der Waals surface area contributed by atoms with Crippen LogP contribution in [-0.2, 0) is 19.2 Å². The second kappa shape index (κ2) is 16.1. The van der Waals surface area contributed by atoms with E-state index in [2.05, 4.69) is 33.6 Å². The van der Waals surface area contributed by atoms with Crippen molar-refractivity contribution in [2.24, 2.45) is 34.0 Å². The summed E-state index contributed by atoms with van der Waals surface area (Å²) in [5.41, 5.74) is 16.4. The Balaban J connectivity index is 5.64. The smallest absolute Gasteiger partial charge is 0.326 e. The molecule has 0 spiro atoms. The highest BCUT2D eigenvalue weighted by molar-refractivity contribution is 7.80. The van der Waals surface area contributed by atoms with Crippen LogP contribution in [0.15, 0.2) is 4.99 Å². The van der Waals surface area contributed by atoms with E-state index in [1.165, 1.54) is 0 Å². The van der Waals surface area contributed by atoms with E-state index in [1.807, 2.05) is 20.8 Å². The summed E-state index contributed by atoms with van der Waals surface area (Å²) in [4.78, 5) is 53.8. The lowest BCUT2D eigenvalue weighted by Crippen LogP contribution is -2.58. The first-order chi connectivity index (χ1) is 15.8. The number of carbonyl (C=O) groups excluding carboxylic acids is 3. The van der Waals surface area contributed by atoms with Crippen LogP contribution in [-0.4, -0.2) is 71.2 Å². The molecule has 3 amide bonds. The molecule has 196 valence electrons. The van der Waals surface area contributed by atoms with Gasteiger partial charge in [0.2, 0.25) is 17.7 Å². The van der Waals surface area contributed by atoms with Crippen molar-refractivity contribution in [1.29, 1.82) is 0 Å². The van der Waals surface area contributed by atoms with E-state index >= 15 is 0 Å². The predicted molar refractivity (Wildman–Crippen MR) is 134 cm³/mol. The SMILES string of the molecule is CCC(C)C(NC(=O)C(N)CS)C(=O)NC(CCCN=C(N)N)C(=O)NC(CC(C)C)C(=O)O. The lowest BCUT2D eigenvalue weighted by atomic mass is 9.97. The highest BCUT2D eigenvalue weighted by atomic mass is 32.1. The van der Waals surface area contributed by atoms with Crippen LogP contribution >= 0.6 is 12.6 Å². The molecule has 0 saturated carbocycles. The van der Waals surface area contributed by atoms with Crippen molar-refractivity contribution in [3.05, 3.63) is 0 Å². The fourth-order valence-corrected chi connectivity index (χ4v) is 3.21. The first-order valence-electron chi connectivity index (χ1n) is 11.4. The van der Waals surface area contributed by atoms with Gasteiger partial charge < -0.3 is 38.3 Å². The molecule has 0 bridgehead atoms. The molecule has 0 radical (unpaired) electrons. The van der Waals surface area contributed by atoms with Gasteiger partial charge in [-0.15, -0.1) is 0 Å². The fraction of sp³-hybridized carbons (Fsp3) is 0.762. The monoisotopic (exact) mass is 503 g/mol. The van der Waals surface area contributed by atoms with Crippen molar-refractivity contribution >= 4 is 42.3 Å². The number of hydrogen-bond acceptors (Lipinski definition) is 7. The molecular weight excluding hydrogens is 462 g/mol. The van der Waals surface area contributed by atoms with Gasteiger partial charge in [0.1, 0.15) is 18.1 Å². The van der Waals surface area contributed by atoms with Crippen LogP contribution in [0.5, 0.6) is 0 Å². The lowest BCUT2D eigenvalue weighted by Gasteiger charge is -2.28. The molecule has 0 heterocycles. The zero-order valence-electron chi connectivity index (χ0n) is 20.4. The van der Waals surface area contributed by atoms with Gasteiger partial charge in [-0.25, -0.2) is 4.79 Å². The van der Waals surface area contributed by atoms with Crippen LogP contribution in [0, 0.1) is 11.8 Å². The topological polar surface area (TPSA) is 215 Å². The number of thiol groups is 1. The average Bonchev–Trinajstić information content (AvgIpc) is 2.76. The Kier molecular flexibility index (Phi) is 14.9. The Labute approximate surface area is 206 Å². The summed E-state index contributed by atoms with van der Waals surface area (Å²) < 4.78 is 0. The molecule has 5 unspecified atom stereocenters. The molecule has 0 saturated heterocycles. The summed E-state index contributed by atoms with van der Waals surface area (Å²) >= 11 is 4.00. The number of rotatable bonds is 16. The van der Waals surface area contributed by atoms with Gasteiger partial charge in [0.25, 0.3) is 0 Å². The van der Waals surface area contributed by atoms with E-state index in [0.717, 1.165) is 0 Å². The summed E-state index contributed by atoms with van der Waals surface area (Å²) in [5, 5.41) is 17.2. The third kappa shape index (κ3) is 12.1.